The van der Waals surface area contributed by atoms with Gasteiger partial charge in [0.05, 0.1) is 12.7 Å². The summed E-state index contributed by atoms with van der Waals surface area (Å²) in [5, 5.41) is 14.8. The molecule has 1 aromatic carbocycles. The van der Waals surface area contributed by atoms with Crippen LogP contribution >= 0.6 is 0 Å². The number of benzene rings is 1. The van der Waals surface area contributed by atoms with Crippen LogP contribution in [-0.2, 0) is 12.3 Å². The summed E-state index contributed by atoms with van der Waals surface area (Å²) in [6.45, 7) is 1.28. The number of anilines is 1. The number of halogens is 2. The highest BCUT2D eigenvalue weighted by Gasteiger charge is 2.51. The number of aliphatic hydroxyl groups is 1. The van der Waals surface area contributed by atoms with E-state index in [1.54, 1.807) is 24.4 Å². The van der Waals surface area contributed by atoms with E-state index < -0.39 is 5.72 Å². The molecular formula is C16H18BrFN6O. The van der Waals surface area contributed by atoms with E-state index in [0.29, 0.717) is 37.6 Å². The van der Waals surface area contributed by atoms with Gasteiger partial charge < -0.3 is 22.1 Å². The van der Waals surface area contributed by atoms with Gasteiger partial charge in [-0.3, -0.25) is 0 Å². The lowest BCUT2D eigenvalue weighted by Gasteiger charge is -2.28. The van der Waals surface area contributed by atoms with Crippen molar-refractivity contribution in [2.45, 2.75) is 25.1 Å². The molecule has 0 fully saturated rings. The van der Waals surface area contributed by atoms with Crippen molar-refractivity contribution in [1.29, 1.82) is 0 Å². The lowest BCUT2D eigenvalue weighted by Crippen LogP contribution is -3.00. The van der Waals surface area contributed by atoms with Gasteiger partial charge in [0.25, 0.3) is 0 Å². The molecule has 1 aromatic heterocycles. The minimum Gasteiger partial charge on any atom is -1.00 e. The largest absolute Gasteiger partial charge is 1.00 e. The number of rotatable bonds is 6. The van der Waals surface area contributed by atoms with Gasteiger partial charge in [-0.25, -0.2) is 13.9 Å². The third-order valence-corrected chi connectivity index (χ3v) is 4.14. The fourth-order valence-electron chi connectivity index (χ4n) is 2.98. The van der Waals surface area contributed by atoms with E-state index in [-0.39, 0.29) is 22.8 Å². The van der Waals surface area contributed by atoms with E-state index >= 15 is 0 Å². The standard InChI is InChI=1S/C16H18FN6O.BrH/c17-14-6-4-13(5-7-14)16(24)12-22-10-3-8-19-15(22)23(16)11-2-1-9-20-21-18;/h3-8,10,24H,1-2,9,11-12H2;1H/q+1;/p-1. The summed E-state index contributed by atoms with van der Waals surface area (Å²) in [6, 6.07) is 7.67. The van der Waals surface area contributed by atoms with E-state index in [1.165, 1.54) is 12.1 Å². The minimum absolute atomic E-state index is 0. The molecule has 0 aliphatic carbocycles. The second kappa shape index (κ2) is 8.24. The van der Waals surface area contributed by atoms with Gasteiger partial charge in [0.2, 0.25) is 5.72 Å². The second-order valence-electron chi connectivity index (χ2n) is 5.68. The van der Waals surface area contributed by atoms with Crippen molar-refractivity contribution in [3.63, 3.8) is 0 Å². The summed E-state index contributed by atoms with van der Waals surface area (Å²) in [6.07, 6.45) is 4.98. The molecule has 25 heavy (non-hydrogen) atoms. The summed E-state index contributed by atoms with van der Waals surface area (Å²) < 4.78 is 15.1. The molecule has 0 saturated heterocycles. The zero-order chi connectivity index (χ0) is 17.0. The molecule has 3 rings (SSSR count). The van der Waals surface area contributed by atoms with Crippen LogP contribution in [0.15, 0.2) is 47.8 Å². The first kappa shape index (κ1) is 19.1. The Balaban J connectivity index is 0.00000225. The van der Waals surface area contributed by atoms with Crippen LogP contribution in [0.3, 0.4) is 0 Å². The molecular weight excluding hydrogens is 391 g/mol. The molecule has 0 radical (unpaired) electrons. The Morgan fingerprint density at radius 3 is 2.84 bits per heavy atom. The number of aromatic nitrogens is 2. The molecule has 0 amide bonds. The molecule has 132 valence electrons. The number of hydrogen-bond donors (Lipinski definition) is 1. The molecule has 9 heteroatoms. The van der Waals surface area contributed by atoms with Crippen molar-refractivity contribution in [3.8, 4) is 0 Å². The fourth-order valence-corrected chi connectivity index (χ4v) is 2.98. The number of nitrogens with zero attached hydrogens (tertiary/aromatic N) is 6. The molecule has 1 aliphatic rings. The average molecular weight is 409 g/mol. The van der Waals surface area contributed by atoms with Crippen LogP contribution in [0.1, 0.15) is 18.4 Å². The molecule has 0 saturated carbocycles. The van der Waals surface area contributed by atoms with E-state index in [0.717, 1.165) is 6.42 Å². The Hall–Kier alpha value is -2.22. The maximum atomic E-state index is 13.2. The van der Waals surface area contributed by atoms with Crippen molar-refractivity contribution in [3.05, 3.63) is 64.5 Å². The summed E-state index contributed by atoms with van der Waals surface area (Å²) in [4.78, 5) is 8.92. The van der Waals surface area contributed by atoms with Crippen LogP contribution in [0.4, 0.5) is 10.3 Å². The highest BCUT2D eigenvalue weighted by atomic mass is 79.9. The zero-order valence-corrected chi connectivity index (χ0v) is 15.0. The summed E-state index contributed by atoms with van der Waals surface area (Å²) in [5.41, 5.74) is 7.66. The normalized spacial score (nSPS) is 18.2. The van der Waals surface area contributed by atoms with Gasteiger partial charge in [-0.05, 0) is 42.6 Å². The second-order valence-corrected chi connectivity index (χ2v) is 5.68. The SMILES string of the molecule is [Br-].[N-]=[N+]=NCCCCN1c2nccc[n+]2CC1(O)c1ccc(F)cc1. The molecule has 1 atom stereocenters. The molecule has 0 spiro atoms. The quantitative estimate of drug-likeness (QED) is 0.224. The Kier molecular flexibility index (Phi) is 6.30. The van der Waals surface area contributed by atoms with Gasteiger partial charge in [0.1, 0.15) is 18.6 Å². The van der Waals surface area contributed by atoms with Gasteiger partial charge in [0, 0.05) is 23.1 Å². The molecule has 1 unspecified atom stereocenters. The number of unbranched alkanes of at least 4 members (excludes halogenated alkanes) is 1. The van der Waals surface area contributed by atoms with Crippen molar-refractivity contribution in [2.24, 2.45) is 5.11 Å². The van der Waals surface area contributed by atoms with Crippen LogP contribution < -0.4 is 26.4 Å². The number of hydrogen-bond acceptors (Lipinski definition) is 4. The highest BCUT2D eigenvalue weighted by Crippen LogP contribution is 2.33. The average Bonchev–Trinajstić information content (AvgIpc) is 2.88. The lowest BCUT2D eigenvalue weighted by atomic mass is 10.0. The number of fused-ring (bicyclic) bond motifs is 1. The Bertz CT molecular complexity index is 767. The molecule has 0 bridgehead atoms. The van der Waals surface area contributed by atoms with Gasteiger partial charge in [-0.15, -0.1) is 0 Å². The fraction of sp³-hybridized carbons (Fsp3) is 0.375. The summed E-state index contributed by atoms with van der Waals surface area (Å²) in [7, 11) is 0. The van der Waals surface area contributed by atoms with Crippen LogP contribution in [0.5, 0.6) is 0 Å². The first-order chi connectivity index (χ1) is 11.6. The topological polar surface area (TPSA) is 89.0 Å². The molecule has 1 aliphatic heterocycles. The van der Waals surface area contributed by atoms with Crippen LogP contribution in [0, 0.1) is 5.82 Å². The van der Waals surface area contributed by atoms with Crippen LogP contribution in [-0.4, -0.2) is 23.2 Å². The molecule has 1 N–H and O–H groups in total. The van der Waals surface area contributed by atoms with Gasteiger partial charge in [-0.1, -0.05) is 10.1 Å². The maximum Gasteiger partial charge on any atom is 0.396 e. The third kappa shape index (κ3) is 3.89. The molecule has 7 nitrogen and oxygen atoms in total. The predicted octanol–water partition coefficient (Wildman–Crippen LogP) is -0.732. The predicted molar refractivity (Wildman–Crippen MR) is 85.3 cm³/mol. The lowest BCUT2D eigenvalue weighted by molar-refractivity contribution is -0.685. The summed E-state index contributed by atoms with van der Waals surface area (Å²) >= 11 is 0. The van der Waals surface area contributed by atoms with Crippen molar-refractivity contribution < 1.29 is 31.0 Å². The van der Waals surface area contributed by atoms with E-state index in [2.05, 4.69) is 15.0 Å². The van der Waals surface area contributed by atoms with Crippen molar-refractivity contribution in [2.75, 3.05) is 18.0 Å². The van der Waals surface area contributed by atoms with Crippen LogP contribution in [0.2, 0.25) is 0 Å². The first-order valence-electron chi connectivity index (χ1n) is 7.76. The zero-order valence-electron chi connectivity index (χ0n) is 13.5. The van der Waals surface area contributed by atoms with Crippen molar-refractivity contribution in [1.82, 2.24) is 4.98 Å². The van der Waals surface area contributed by atoms with Gasteiger partial charge in [-0.2, -0.15) is 0 Å². The highest BCUT2D eigenvalue weighted by molar-refractivity contribution is 5.38. The van der Waals surface area contributed by atoms with E-state index in [9.17, 15) is 9.50 Å². The Morgan fingerprint density at radius 2 is 2.12 bits per heavy atom. The molecule has 2 heterocycles. The van der Waals surface area contributed by atoms with E-state index in [1.807, 2.05) is 15.7 Å². The van der Waals surface area contributed by atoms with Crippen molar-refractivity contribution >= 4 is 5.95 Å². The van der Waals surface area contributed by atoms with E-state index in [4.69, 9.17) is 5.53 Å². The molecule has 2 aromatic rings. The third-order valence-electron chi connectivity index (χ3n) is 4.14. The Morgan fingerprint density at radius 1 is 1.36 bits per heavy atom. The monoisotopic (exact) mass is 408 g/mol. The minimum atomic E-state index is -1.28. The van der Waals surface area contributed by atoms with Gasteiger partial charge >= 0.3 is 5.95 Å². The first-order valence-corrected chi connectivity index (χ1v) is 7.76. The Labute approximate surface area is 155 Å². The van der Waals surface area contributed by atoms with Crippen LogP contribution in [0.25, 0.3) is 10.4 Å². The smallest absolute Gasteiger partial charge is 0.396 e. The maximum absolute atomic E-state index is 13.2. The summed E-state index contributed by atoms with van der Waals surface area (Å²) in [5.74, 6) is 0.317. The van der Waals surface area contributed by atoms with Gasteiger partial charge in [0.15, 0.2) is 0 Å². The number of azide groups is 1.